The fourth-order valence-electron chi connectivity index (χ4n) is 1.72. The first-order chi connectivity index (χ1) is 9.18. The van der Waals surface area contributed by atoms with Crippen molar-refractivity contribution in [1.82, 2.24) is 9.78 Å². The van der Waals surface area contributed by atoms with Crippen molar-refractivity contribution in [3.05, 3.63) is 53.3 Å². The molecule has 1 heterocycles. The summed E-state index contributed by atoms with van der Waals surface area (Å²) in [5, 5.41) is 3.73. The van der Waals surface area contributed by atoms with E-state index in [1.165, 1.54) is 23.1 Å². The Morgan fingerprint density at radius 3 is 2.20 bits per heavy atom. The van der Waals surface area contributed by atoms with E-state index >= 15 is 0 Å². The lowest BCUT2D eigenvalue weighted by Crippen LogP contribution is -2.15. The Labute approximate surface area is 109 Å². The predicted octanol–water partition coefficient (Wildman–Crippen LogP) is 3.97. The van der Waals surface area contributed by atoms with Gasteiger partial charge in [-0.1, -0.05) is 6.07 Å². The zero-order valence-corrected chi connectivity index (χ0v) is 9.83. The van der Waals surface area contributed by atoms with Crippen molar-refractivity contribution in [3.63, 3.8) is 0 Å². The van der Waals surface area contributed by atoms with E-state index in [2.05, 4.69) is 5.10 Å². The summed E-state index contributed by atoms with van der Waals surface area (Å²) in [5.41, 5.74) is -2.90. The summed E-state index contributed by atoms with van der Waals surface area (Å²) in [7, 11) is 0. The molecular weight excluding hydrogens is 286 g/mol. The molecule has 0 aliphatic heterocycles. The molecule has 1 aromatic carbocycles. The highest BCUT2D eigenvalue weighted by Crippen LogP contribution is 2.37. The highest BCUT2D eigenvalue weighted by Gasteiger charge is 2.38. The van der Waals surface area contributed by atoms with Gasteiger partial charge in [0.1, 0.15) is 0 Å². The van der Waals surface area contributed by atoms with Gasteiger partial charge >= 0.3 is 12.4 Å². The minimum Gasteiger partial charge on any atom is -0.268 e. The summed E-state index contributed by atoms with van der Waals surface area (Å²) >= 11 is 0. The Kier molecular flexibility index (Phi) is 3.49. The predicted molar refractivity (Wildman–Crippen MR) is 57.8 cm³/mol. The Morgan fingerprint density at radius 2 is 1.70 bits per heavy atom. The molecule has 108 valence electrons. The SMILES string of the molecule is FC(F)(F)c1ccc(Cn2cccn2)c(C(F)(F)F)c1. The molecule has 0 aliphatic carbocycles. The number of rotatable bonds is 2. The number of alkyl halides is 6. The van der Waals surface area contributed by atoms with E-state index in [1.54, 1.807) is 0 Å². The van der Waals surface area contributed by atoms with E-state index in [9.17, 15) is 26.3 Å². The quantitative estimate of drug-likeness (QED) is 0.766. The van der Waals surface area contributed by atoms with Gasteiger partial charge in [0.15, 0.2) is 0 Å². The van der Waals surface area contributed by atoms with Gasteiger partial charge in [0.25, 0.3) is 0 Å². The molecule has 0 fully saturated rings. The van der Waals surface area contributed by atoms with E-state index in [0.29, 0.717) is 6.07 Å². The molecule has 8 heteroatoms. The van der Waals surface area contributed by atoms with Crippen LogP contribution in [0.4, 0.5) is 26.3 Å². The molecule has 0 amide bonds. The van der Waals surface area contributed by atoms with E-state index < -0.39 is 23.5 Å². The summed E-state index contributed by atoms with van der Waals surface area (Å²) in [6.45, 7) is -0.250. The first kappa shape index (κ1) is 14.4. The normalized spacial score (nSPS) is 12.7. The number of aromatic nitrogens is 2. The zero-order valence-electron chi connectivity index (χ0n) is 9.83. The average Bonchev–Trinajstić information content (AvgIpc) is 2.79. The summed E-state index contributed by atoms with van der Waals surface area (Å²) < 4.78 is 77.2. The van der Waals surface area contributed by atoms with Crippen LogP contribution >= 0.6 is 0 Å². The third kappa shape index (κ3) is 3.12. The van der Waals surface area contributed by atoms with Crippen molar-refractivity contribution in [2.24, 2.45) is 0 Å². The molecule has 0 saturated heterocycles. The first-order valence-corrected chi connectivity index (χ1v) is 5.42. The third-order valence-corrected chi connectivity index (χ3v) is 2.63. The molecule has 2 aromatic rings. The summed E-state index contributed by atoms with van der Waals surface area (Å²) in [6, 6.07) is 3.09. The molecule has 0 atom stereocenters. The molecule has 2 rings (SSSR count). The smallest absolute Gasteiger partial charge is 0.268 e. The lowest BCUT2D eigenvalue weighted by Gasteiger charge is -2.16. The minimum atomic E-state index is -4.86. The molecular formula is C12H8F6N2. The first-order valence-electron chi connectivity index (χ1n) is 5.42. The largest absolute Gasteiger partial charge is 0.416 e. The second kappa shape index (κ2) is 4.84. The van der Waals surface area contributed by atoms with Crippen LogP contribution in [0.5, 0.6) is 0 Å². The van der Waals surface area contributed by atoms with Gasteiger partial charge in [-0.05, 0) is 23.8 Å². The van der Waals surface area contributed by atoms with E-state index in [1.807, 2.05) is 0 Å². The number of benzene rings is 1. The summed E-state index contributed by atoms with van der Waals surface area (Å²) in [5.74, 6) is 0. The molecule has 2 nitrogen and oxygen atoms in total. The van der Waals surface area contributed by atoms with Gasteiger partial charge in [0, 0.05) is 12.4 Å². The van der Waals surface area contributed by atoms with Crippen LogP contribution < -0.4 is 0 Å². The van der Waals surface area contributed by atoms with Crippen molar-refractivity contribution >= 4 is 0 Å². The Bertz CT molecular complexity index is 583. The van der Waals surface area contributed by atoms with Crippen molar-refractivity contribution in [3.8, 4) is 0 Å². The van der Waals surface area contributed by atoms with Crippen LogP contribution in [0.1, 0.15) is 16.7 Å². The number of hydrogen-bond acceptors (Lipinski definition) is 1. The van der Waals surface area contributed by atoms with Crippen LogP contribution in [0.2, 0.25) is 0 Å². The van der Waals surface area contributed by atoms with Crippen LogP contribution in [0.25, 0.3) is 0 Å². The number of halogens is 6. The van der Waals surface area contributed by atoms with Gasteiger partial charge in [-0.25, -0.2) is 0 Å². The van der Waals surface area contributed by atoms with E-state index in [0.717, 1.165) is 6.07 Å². The van der Waals surface area contributed by atoms with Crippen molar-refractivity contribution in [2.45, 2.75) is 18.9 Å². The molecule has 20 heavy (non-hydrogen) atoms. The van der Waals surface area contributed by atoms with Gasteiger partial charge in [-0.15, -0.1) is 0 Å². The molecule has 0 saturated carbocycles. The number of hydrogen-bond donors (Lipinski definition) is 0. The van der Waals surface area contributed by atoms with Crippen molar-refractivity contribution < 1.29 is 26.3 Å². The highest BCUT2D eigenvalue weighted by atomic mass is 19.4. The van der Waals surface area contributed by atoms with Gasteiger partial charge in [0.05, 0.1) is 17.7 Å². The van der Waals surface area contributed by atoms with Crippen LogP contribution in [0.3, 0.4) is 0 Å². The van der Waals surface area contributed by atoms with Crippen molar-refractivity contribution in [1.29, 1.82) is 0 Å². The topological polar surface area (TPSA) is 17.8 Å². The number of nitrogens with zero attached hydrogens (tertiary/aromatic N) is 2. The molecule has 1 aromatic heterocycles. The fourth-order valence-corrected chi connectivity index (χ4v) is 1.72. The minimum absolute atomic E-state index is 0.124. The maximum absolute atomic E-state index is 12.8. The fraction of sp³-hybridized carbons (Fsp3) is 0.250. The van der Waals surface area contributed by atoms with Crippen LogP contribution in [-0.4, -0.2) is 9.78 Å². The summed E-state index contributed by atoms with van der Waals surface area (Å²) in [6.07, 6.45) is -6.87. The second-order valence-corrected chi connectivity index (χ2v) is 4.07. The van der Waals surface area contributed by atoms with E-state index in [-0.39, 0.29) is 18.2 Å². The zero-order chi connectivity index (χ0) is 15.0. The molecule has 0 N–H and O–H groups in total. The maximum Gasteiger partial charge on any atom is 0.416 e. The van der Waals surface area contributed by atoms with Crippen LogP contribution in [-0.2, 0) is 18.9 Å². The molecule has 0 bridgehead atoms. The molecule has 0 spiro atoms. The third-order valence-electron chi connectivity index (χ3n) is 2.63. The lowest BCUT2D eigenvalue weighted by molar-refractivity contribution is -0.143. The maximum atomic E-state index is 12.8. The summed E-state index contributed by atoms with van der Waals surface area (Å²) in [4.78, 5) is 0. The van der Waals surface area contributed by atoms with Crippen LogP contribution in [0.15, 0.2) is 36.7 Å². The highest BCUT2D eigenvalue weighted by molar-refractivity contribution is 5.35. The standard InChI is InChI=1S/C12H8F6N2/c13-11(14,15)9-3-2-8(7-20-5-1-4-19-20)10(6-9)12(16,17)18/h1-6H,7H2. The second-order valence-electron chi connectivity index (χ2n) is 4.07. The van der Waals surface area contributed by atoms with Crippen LogP contribution in [0, 0.1) is 0 Å². The molecule has 0 radical (unpaired) electrons. The van der Waals surface area contributed by atoms with E-state index in [4.69, 9.17) is 0 Å². The van der Waals surface area contributed by atoms with Gasteiger partial charge in [0.2, 0.25) is 0 Å². The molecule has 0 unspecified atom stereocenters. The van der Waals surface area contributed by atoms with Crippen molar-refractivity contribution in [2.75, 3.05) is 0 Å². The Morgan fingerprint density at radius 1 is 1.00 bits per heavy atom. The lowest BCUT2D eigenvalue weighted by atomic mass is 10.0. The monoisotopic (exact) mass is 294 g/mol. The molecule has 0 aliphatic rings. The van der Waals surface area contributed by atoms with Gasteiger partial charge in [-0.3, -0.25) is 4.68 Å². The van der Waals surface area contributed by atoms with Gasteiger partial charge < -0.3 is 0 Å². The Balaban J connectivity index is 2.46. The van der Waals surface area contributed by atoms with Gasteiger partial charge in [-0.2, -0.15) is 31.4 Å². The Hall–Kier alpha value is -1.99. The average molecular weight is 294 g/mol.